The Hall–Kier alpha value is -10.8. The Morgan fingerprint density at radius 2 is 0.844 bits per heavy atom. The topological polar surface area (TPSA) is 473 Å². The highest BCUT2D eigenvalue weighted by atomic mass is 31.2. The third-order valence-electron chi connectivity index (χ3n) is 17.6. The van der Waals surface area contributed by atoms with Crippen molar-refractivity contribution in [1.29, 1.82) is 0 Å². The molecule has 0 radical (unpaired) electrons. The fourth-order valence-corrected chi connectivity index (χ4v) is 14.4. The lowest BCUT2D eigenvalue weighted by atomic mass is 9.98. The number of fused-ring (bicyclic) bond motifs is 3. The van der Waals surface area contributed by atoms with Crippen molar-refractivity contribution >= 4 is 81.2 Å². The maximum atomic E-state index is 14.6. The van der Waals surface area contributed by atoms with E-state index in [9.17, 15) is 70.7 Å². The molecule has 6 atom stereocenters. The first-order valence-electron chi connectivity index (χ1n) is 39.9. The molecule has 4 aromatic carbocycles. The van der Waals surface area contributed by atoms with Gasteiger partial charge in [-0.2, -0.15) is 0 Å². The molecule has 33 nitrogen and oxygen atoms in total. The number of benzene rings is 4. The number of nitrogens with two attached hydrogens (primary N) is 2. The number of phosphoric acid groups is 2. The Bertz CT molecular complexity index is 4250. The summed E-state index contributed by atoms with van der Waals surface area (Å²) in [6.45, 7) is 29.0. The van der Waals surface area contributed by atoms with Gasteiger partial charge in [-0.3, -0.25) is 56.5 Å². The quantitative estimate of drug-likeness (QED) is 0.00846. The number of alkyl carbamates (subject to hydrolysis) is 3. The largest absolute Gasteiger partial charge is 0.530 e. The standard InChI is InChI=1S/C48H63FN5O11P.C37H57FN5O12P/c1-8-24-62-66(60,63-25-9-2)65-42-22-21-32(27-33(42)29-49)28-41(45(57)52-40(43(50)55)26-31(3)4)53-44(56)39(20-14-15-23-51-46(58)64-48(5,6)7)54-47(59)61-30-38-36-18-12-10-16-34(36)35-17-11-13-19-37(35)38;1-8-18-52-56(51,53-19-9-2)55-30-14-13-25(21-26(30)23-38)22-29(35(49)42-28(33(39)47)20-24(3)4)43-34(48)27(41-31(44)15-16-32(45)46)12-10-11-17-40-36(50)54-37(5,6)7/h8-13,16-19,21-22,27,31,38-41H,1-2,14-15,20,23-26,28-30H2,3-7H3,(H2,50,55)(H,51,58)(H,52,57)(H,53,56)(H,54,59);8-9,13-14,21,24,27-29H,1-2,10-12,15-20,22-23H2,3-7H3,(H2,39,47)(H,40,50)(H,41,44)(H,42,49)(H,43,48)(H,45,46). The Morgan fingerprint density at radius 1 is 0.484 bits per heavy atom. The Kier molecular flexibility index (Phi) is 44.0. The van der Waals surface area contributed by atoms with Crippen LogP contribution in [0.3, 0.4) is 0 Å². The highest BCUT2D eigenvalue weighted by molar-refractivity contribution is 7.49. The van der Waals surface area contributed by atoms with Crippen LogP contribution < -0.4 is 63.0 Å². The minimum absolute atomic E-state index is 0.0200. The zero-order chi connectivity index (χ0) is 90.9. The summed E-state index contributed by atoms with van der Waals surface area (Å²) in [4.78, 5) is 142. The van der Waals surface area contributed by atoms with E-state index < -0.39 is 155 Å². The number of rotatable bonds is 53. The summed E-state index contributed by atoms with van der Waals surface area (Å²) in [5.41, 5.74) is 14.3. The molecule has 0 spiro atoms. The lowest BCUT2D eigenvalue weighted by molar-refractivity contribution is -0.139. The highest BCUT2D eigenvalue weighted by Crippen LogP contribution is 2.52. The van der Waals surface area contributed by atoms with Crippen LogP contribution in [0.15, 0.2) is 136 Å². The number of aliphatic carboxylic acids is 1. The molecular weight excluding hydrogens is 1630 g/mol. The van der Waals surface area contributed by atoms with E-state index in [-0.39, 0.29) is 125 Å². The molecule has 5 rings (SSSR count). The van der Waals surface area contributed by atoms with Gasteiger partial charge in [-0.25, -0.2) is 32.3 Å². The number of phosphoric ester groups is 2. The molecule has 0 heterocycles. The lowest BCUT2D eigenvalue weighted by Crippen LogP contribution is -2.57. The van der Waals surface area contributed by atoms with E-state index in [0.717, 1.165) is 22.3 Å². The first kappa shape index (κ1) is 104. The van der Waals surface area contributed by atoms with Crippen molar-refractivity contribution in [3.05, 3.63) is 169 Å². The van der Waals surface area contributed by atoms with Gasteiger partial charge in [0.15, 0.2) is 0 Å². The molecular formula is C85H120F2N10O23P2. The van der Waals surface area contributed by atoms with E-state index in [2.05, 4.69) is 68.9 Å². The molecule has 13 N–H and O–H groups in total. The first-order valence-corrected chi connectivity index (χ1v) is 42.8. The number of carboxylic acid groups (broad SMARTS) is 1. The number of hydrogen-bond acceptors (Lipinski definition) is 22. The molecule has 4 aromatic rings. The van der Waals surface area contributed by atoms with Crippen molar-refractivity contribution in [1.82, 2.24) is 42.5 Å². The van der Waals surface area contributed by atoms with Crippen LogP contribution in [-0.2, 0) is 106 Å². The molecule has 6 unspecified atom stereocenters. The third-order valence-corrected chi connectivity index (χ3v) is 20.3. The number of alkyl halides is 2. The van der Waals surface area contributed by atoms with Gasteiger partial charge in [0.2, 0.25) is 41.4 Å². The van der Waals surface area contributed by atoms with Crippen molar-refractivity contribution in [3.8, 4) is 22.6 Å². The van der Waals surface area contributed by atoms with E-state index in [4.69, 9.17) is 57.9 Å². The molecule has 0 fully saturated rings. The van der Waals surface area contributed by atoms with Gasteiger partial charge in [0.25, 0.3) is 0 Å². The van der Waals surface area contributed by atoms with Crippen LogP contribution in [0.25, 0.3) is 11.1 Å². The smallest absolute Gasteiger partial charge is 0.481 e. The van der Waals surface area contributed by atoms with Crippen LogP contribution in [0.4, 0.5) is 23.2 Å². The number of carbonyl (C=O) groups is 11. The lowest BCUT2D eigenvalue weighted by Gasteiger charge is -2.26. The molecule has 0 saturated heterocycles. The van der Waals surface area contributed by atoms with Crippen molar-refractivity contribution in [2.75, 3.05) is 46.1 Å². The van der Waals surface area contributed by atoms with E-state index in [0.29, 0.717) is 36.8 Å². The molecule has 0 bridgehead atoms. The molecule has 0 aliphatic heterocycles. The summed E-state index contributed by atoms with van der Waals surface area (Å²) < 4.78 is 104. The van der Waals surface area contributed by atoms with Crippen LogP contribution in [0, 0.1) is 11.8 Å². The monoisotopic (exact) mass is 1750 g/mol. The number of hydrogen-bond donors (Lipinski definition) is 11. The zero-order valence-corrected chi connectivity index (χ0v) is 72.8. The average molecular weight is 1750 g/mol. The number of ether oxygens (including phenoxy) is 3. The van der Waals surface area contributed by atoms with E-state index in [1.165, 1.54) is 60.7 Å². The van der Waals surface area contributed by atoms with Crippen molar-refractivity contribution in [3.63, 3.8) is 0 Å². The molecule has 672 valence electrons. The number of carbonyl (C=O) groups excluding carboxylic acids is 10. The fraction of sp³-hybridized carbons (Fsp3) is 0.494. The van der Waals surface area contributed by atoms with E-state index >= 15 is 0 Å². The molecule has 122 heavy (non-hydrogen) atoms. The number of nitrogens with one attached hydrogen (secondary N) is 8. The highest BCUT2D eigenvalue weighted by Gasteiger charge is 2.37. The fourth-order valence-electron chi connectivity index (χ4n) is 12.1. The Morgan fingerprint density at radius 3 is 1.19 bits per heavy atom. The van der Waals surface area contributed by atoms with Gasteiger partial charge in [-0.1, -0.05) is 113 Å². The zero-order valence-electron chi connectivity index (χ0n) is 71.0. The van der Waals surface area contributed by atoms with Crippen molar-refractivity contribution in [2.24, 2.45) is 23.3 Å². The summed E-state index contributed by atoms with van der Waals surface area (Å²) in [5.74, 6) is -7.47. The van der Waals surface area contributed by atoms with Gasteiger partial charge in [-0.15, -0.1) is 26.3 Å². The summed E-state index contributed by atoms with van der Waals surface area (Å²) >= 11 is 0. The van der Waals surface area contributed by atoms with E-state index in [1.807, 2.05) is 76.2 Å². The Labute approximate surface area is 711 Å². The number of amides is 10. The van der Waals surface area contributed by atoms with Crippen molar-refractivity contribution < 1.29 is 117 Å². The molecule has 37 heteroatoms. The second-order valence-electron chi connectivity index (χ2n) is 31.2. The van der Waals surface area contributed by atoms with E-state index in [1.54, 1.807) is 41.5 Å². The minimum Gasteiger partial charge on any atom is -0.481 e. The number of halogens is 2. The third kappa shape index (κ3) is 38.1. The maximum Gasteiger partial charge on any atom is 0.530 e. The second kappa shape index (κ2) is 51.8. The van der Waals surface area contributed by atoms with Gasteiger partial charge in [-0.05, 0) is 162 Å². The number of carboxylic acids is 1. The summed E-state index contributed by atoms with van der Waals surface area (Å²) in [6, 6.07) is 16.3. The van der Waals surface area contributed by atoms with Gasteiger partial charge < -0.3 is 82.4 Å². The molecule has 0 saturated carbocycles. The van der Waals surface area contributed by atoms with Crippen LogP contribution in [0.2, 0.25) is 0 Å². The first-order chi connectivity index (χ1) is 57.6. The molecule has 1 aliphatic rings. The molecule has 10 amide bonds. The SMILES string of the molecule is C=CCOP(=O)(OCC=C)Oc1ccc(CC(NC(=O)C(CCCCNC(=O)OC(C)(C)C)NC(=O)CCC(=O)O)C(=O)NC(CC(C)C)C(N)=O)cc1CF.C=CCOP(=O)(OCC=C)Oc1ccc(CC(NC(=O)C(CCCCNC(=O)OC(C)(C)C)NC(=O)OCC2c3ccccc3-c3ccccc32)C(=O)NC(CC(C)C)C(N)=O)cc1CF. The predicted molar refractivity (Wildman–Crippen MR) is 453 cm³/mol. The average Bonchev–Trinajstić information content (AvgIpc) is 1.61. The maximum absolute atomic E-state index is 14.6. The second-order valence-corrected chi connectivity index (χ2v) is 34.4. The molecule has 1 aliphatic carbocycles. The van der Waals surface area contributed by atoms with Gasteiger partial charge in [0.05, 0.1) is 32.8 Å². The summed E-state index contributed by atoms with van der Waals surface area (Å²) in [7, 11) is -8.52. The summed E-state index contributed by atoms with van der Waals surface area (Å²) in [5, 5.41) is 30.0. The molecule has 0 aromatic heterocycles. The number of primary amides is 2. The predicted octanol–water partition coefficient (Wildman–Crippen LogP) is 11.8. The number of unbranched alkanes of at least 4 members (excludes halogenated alkanes) is 2. The van der Waals surface area contributed by atoms with Crippen LogP contribution in [0.1, 0.15) is 173 Å². The van der Waals surface area contributed by atoms with Crippen LogP contribution in [-0.4, -0.2) is 164 Å². The normalized spacial score (nSPS) is 13.3. The van der Waals surface area contributed by atoms with Crippen molar-refractivity contribution in [2.45, 2.75) is 213 Å². The van der Waals surface area contributed by atoms with Gasteiger partial charge >= 0.3 is 39.9 Å². The van der Waals surface area contributed by atoms with Gasteiger partial charge in [0.1, 0.15) is 78.9 Å². The minimum atomic E-state index is -4.27. The Balaban J connectivity index is 0.000000520. The van der Waals surface area contributed by atoms with Crippen LogP contribution in [0.5, 0.6) is 11.5 Å². The summed E-state index contributed by atoms with van der Waals surface area (Å²) in [6.07, 6.45) is 3.53. The van der Waals surface area contributed by atoms with Gasteiger partial charge in [0, 0.05) is 49.4 Å². The van der Waals surface area contributed by atoms with Crippen LogP contribution >= 0.6 is 15.6 Å².